The number of pyridine rings is 1. The van der Waals surface area contributed by atoms with E-state index in [0.717, 1.165) is 35.5 Å². The van der Waals surface area contributed by atoms with Crippen molar-refractivity contribution >= 4 is 43.8 Å². The van der Waals surface area contributed by atoms with E-state index in [1.807, 2.05) is 31.2 Å². The van der Waals surface area contributed by atoms with Crippen molar-refractivity contribution in [3.05, 3.63) is 92.7 Å². The van der Waals surface area contributed by atoms with Gasteiger partial charge in [0, 0.05) is 41.5 Å². The summed E-state index contributed by atoms with van der Waals surface area (Å²) in [6, 6.07) is 16.3. The highest BCUT2D eigenvalue weighted by molar-refractivity contribution is 7.90. The van der Waals surface area contributed by atoms with Gasteiger partial charge in [-0.2, -0.15) is 4.98 Å². The molecule has 1 fully saturated rings. The molecule has 1 saturated heterocycles. The number of aromatic nitrogens is 4. The lowest BCUT2D eigenvalue weighted by Gasteiger charge is -2.24. The van der Waals surface area contributed by atoms with Crippen molar-refractivity contribution in [2.24, 2.45) is 0 Å². The van der Waals surface area contributed by atoms with Crippen LogP contribution in [-0.2, 0) is 21.1 Å². The van der Waals surface area contributed by atoms with Crippen molar-refractivity contribution in [1.29, 1.82) is 0 Å². The van der Waals surface area contributed by atoms with Crippen molar-refractivity contribution < 1.29 is 13.2 Å². The summed E-state index contributed by atoms with van der Waals surface area (Å²) < 4.78 is 32.4. The summed E-state index contributed by atoms with van der Waals surface area (Å²) in [7, 11) is -3.52. The zero-order valence-corrected chi connectivity index (χ0v) is 24.1. The fraction of sp³-hybridized carbons (Fsp3) is 0.241. The van der Waals surface area contributed by atoms with Crippen LogP contribution in [0.15, 0.2) is 76.0 Å². The fourth-order valence-electron chi connectivity index (χ4n) is 4.96. The highest BCUT2D eigenvalue weighted by Gasteiger charge is 2.20. The standard InChI is InChI=1S/C29H28N6O4S2/c1-18-26(32-17-40-18)23-13-21-14-31-29(33-22-9-7-19(8-10-22)24-15-30-11-12-39-24)34-27(21)35(28(23)36)16-20-5-3-4-6-25(20)41(2,37)38/h3-10,13-14,17,24,30H,11-12,15-16H2,1-2H3,(H,31,33,34). The molecule has 0 amide bonds. The summed E-state index contributed by atoms with van der Waals surface area (Å²) in [6.45, 7) is 4.21. The molecule has 1 aliphatic rings. The minimum Gasteiger partial charge on any atom is -0.371 e. The third-order valence-electron chi connectivity index (χ3n) is 6.99. The van der Waals surface area contributed by atoms with Crippen LogP contribution in [0, 0.1) is 6.92 Å². The van der Waals surface area contributed by atoms with Crippen molar-refractivity contribution in [2.75, 3.05) is 31.3 Å². The Morgan fingerprint density at radius 1 is 1.15 bits per heavy atom. The number of anilines is 2. The number of ether oxygens (including phenoxy) is 1. The number of nitrogens with zero attached hydrogens (tertiary/aromatic N) is 4. The van der Waals surface area contributed by atoms with Gasteiger partial charge < -0.3 is 15.4 Å². The van der Waals surface area contributed by atoms with Gasteiger partial charge in [0.05, 0.1) is 40.9 Å². The molecule has 41 heavy (non-hydrogen) atoms. The zero-order chi connectivity index (χ0) is 28.6. The van der Waals surface area contributed by atoms with Crippen molar-refractivity contribution in [3.8, 4) is 11.3 Å². The summed E-state index contributed by atoms with van der Waals surface area (Å²) in [5.41, 5.74) is 5.11. The Bertz CT molecular complexity index is 1900. The Balaban J connectivity index is 1.42. The Hall–Kier alpha value is -3.97. The molecule has 4 heterocycles. The van der Waals surface area contributed by atoms with E-state index < -0.39 is 9.84 Å². The topological polar surface area (TPSA) is 128 Å². The smallest absolute Gasteiger partial charge is 0.262 e. The molecule has 1 aliphatic heterocycles. The number of nitrogens with one attached hydrogen (secondary N) is 2. The molecular formula is C29H28N6O4S2. The molecule has 12 heteroatoms. The monoisotopic (exact) mass is 588 g/mol. The van der Waals surface area contributed by atoms with Crippen LogP contribution in [0.1, 0.15) is 22.1 Å². The van der Waals surface area contributed by atoms with Crippen LogP contribution < -0.4 is 16.2 Å². The van der Waals surface area contributed by atoms with Gasteiger partial charge in [-0.25, -0.2) is 18.4 Å². The molecule has 5 aromatic rings. The number of fused-ring (bicyclic) bond motifs is 1. The SMILES string of the molecule is Cc1scnc1-c1cc2cnc(Nc3ccc(C4CNCCO4)cc3)nc2n(Cc2ccccc2S(C)(=O)=O)c1=O. The molecule has 1 atom stereocenters. The van der Waals surface area contributed by atoms with Crippen LogP contribution in [0.5, 0.6) is 0 Å². The Morgan fingerprint density at radius 3 is 2.66 bits per heavy atom. The molecular weight excluding hydrogens is 560 g/mol. The van der Waals surface area contributed by atoms with E-state index in [-0.39, 0.29) is 23.1 Å². The maximum atomic E-state index is 13.9. The minimum atomic E-state index is -3.52. The van der Waals surface area contributed by atoms with E-state index in [4.69, 9.17) is 9.72 Å². The van der Waals surface area contributed by atoms with Gasteiger partial charge in [-0.15, -0.1) is 11.3 Å². The van der Waals surface area contributed by atoms with E-state index >= 15 is 0 Å². The predicted octanol–water partition coefficient (Wildman–Crippen LogP) is 4.08. The Labute approximate surface area is 241 Å². The van der Waals surface area contributed by atoms with E-state index in [2.05, 4.69) is 20.6 Å². The average molecular weight is 589 g/mol. The number of sulfone groups is 1. The van der Waals surface area contributed by atoms with Gasteiger partial charge in [0.2, 0.25) is 5.95 Å². The maximum absolute atomic E-state index is 13.9. The second-order valence-electron chi connectivity index (χ2n) is 9.87. The summed E-state index contributed by atoms with van der Waals surface area (Å²) >= 11 is 1.45. The van der Waals surface area contributed by atoms with Gasteiger partial charge in [0.25, 0.3) is 5.56 Å². The molecule has 0 saturated carbocycles. The highest BCUT2D eigenvalue weighted by atomic mass is 32.2. The molecule has 2 aromatic carbocycles. The third kappa shape index (κ3) is 5.64. The van der Waals surface area contributed by atoms with Crippen LogP contribution in [0.25, 0.3) is 22.3 Å². The first kappa shape index (κ1) is 27.2. The third-order valence-corrected chi connectivity index (χ3v) is 8.95. The molecule has 2 N–H and O–H groups in total. The molecule has 0 aliphatic carbocycles. The van der Waals surface area contributed by atoms with Gasteiger partial charge in [0.15, 0.2) is 9.84 Å². The molecule has 0 spiro atoms. The summed E-state index contributed by atoms with van der Waals surface area (Å²) in [4.78, 5) is 28.6. The highest BCUT2D eigenvalue weighted by Crippen LogP contribution is 2.27. The van der Waals surface area contributed by atoms with E-state index in [9.17, 15) is 13.2 Å². The zero-order valence-electron chi connectivity index (χ0n) is 22.5. The molecule has 10 nitrogen and oxygen atoms in total. The quantitative estimate of drug-likeness (QED) is 0.289. The Morgan fingerprint density at radius 2 is 1.95 bits per heavy atom. The van der Waals surface area contributed by atoms with Crippen LogP contribution >= 0.6 is 11.3 Å². The molecule has 210 valence electrons. The van der Waals surface area contributed by atoms with Crippen LogP contribution in [-0.4, -0.2) is 53.9 Å². The van der Waals surface area contributed by atoms with Gasteiger partial charge in [0.1, 0.15) is 5.65 Å². The second kappa shape index (κ2) is 11.1. The molecule has 0 bridgehead atoms. The number of benzene rings is 2. The van der Waals surface area contributed by atoms with E-state index in [1.54, 1.807) is 42.0 Å². The molecule has 0 radical (unpaired) electrons. The molecule has 3 aromatic heterocycles. The van der Waals surface area contributed by atoms with E-state index in [0.29, 0.717) is 40.4 Å². The maximum Gasteiger partial charge on any atom is 0.262 e. The average Bonchev–Trinajstić information content (AvgIpc) is 3.40. The van der Waals surface area contributed by atoms with Crippen molar-refractivity contribution in [3.63, 3.8) is 0 Å². The summed E-state index contributed by atoms with van der Waals surface area (Å²) in [5.74, 6) is 0.308. The lowest BCUT2D eigenvalue weighted by Crippen LogP contribution is -2.33. The van der Waals surface area contributed by atoms with E-state index in [1.165, 1.54) is 15.9 Å². The lowest BCUT2D eigenvalue weighted by atomic mass is 10.1. The summed E-state index contributed by atoms with van der Waals surface area (Å²) in [6.07, 6.45) is 2.83. The van der Waals surface area contributed by atoms with Gasteiger partial charge in [-0.3, -0.25) is 9.36 Å². The fourth-order valence-corrected chi connectivity index (χ4v) is 6.48. The Kier molecular flexibility index (Phi) is 7.39. The number of aryl methyl sites for hydroxylation is 1. The van der Waals surface area contributed by atoms with Crippen LogP contribution in [0.4, 0.5) is 11.6 Å². The van der Waals surface area contributed by atoms with Gasteiger partial charge in [-0.1, -0.05) is 30.3 Å². The van der Waals surface area contributed by atoms with Crippen LogP contribution in [0.2, 0.25) is 0 Å². The van der Waals surface area contributed by atoms with Crippen molar-refractivity contribution in [2.45, 2.75) is 24.5 Å². The number of hydrogen-bond donors (Lipinski definition) is 2. The van der Waals surface area contributed by atoms with Gasteiger partial charge in [-0.05, 0) is 42.3 Å². The largest absolute Gasteiger partial charge is 0.371 e. The summed E-state index contributed by atoms with van der Waals surface area (Å²) in [5, 5.41) is 7.19. The predicted molar refractivity (Wildman–Crippen MR) is 160 cm³/mol. The number of rotatable bonds is 7. The lowest BCUT2D eigenvalue weighted by molar-refractivity contribution is 0.0277. The molecule has 1 unspecified atom stereocenters. The first-order valence-electron chi connectivity index (χ1n) is 13.1. The van der Waals surface area contributed by atoms with Crippen molar-refractivity contribution in [1.82, 2.24) is 24.8 Å². The van der Waals surface area contributed by atoms with Gasteiger partial charge >= 0.3 is 0 Å². The minimum absolute atomic E-state index is 0.00881. The number of hydrogen-bond acceptors (Lipinski definition) is 10. The number of thiazole rings is 1. The first-order chi connectivity index (χ1) is 19.8. The molecule has 6 rings (SSSR count). The first-order valence-corrected chi connectivity index (χ1v) is 15.8. The second-order valence-corrected chi connectivity index (χ2v) is 12.9. The normalized spacial score (nSPS) is 15.7. The van der Waals surface area contributed by atoms with Crippen LogP contribution in [0.3, 0.4) is 0 Å². The number of morpholine rings is 1.